The molecule has 2 aromatic rings. The Labute approximate surface area is 175 Å². The molecule has 0 amide bonds. The normalized spacial score (nSPS) is 25.2. The molecule has 2 aromatic heterocycles. The second-order valence-corrected chi connectivity index (χ2v) is 10.4. The van der Waals surface area contributed by atoms with Crippen molar-refractivity contribution < 1.29 is 9.53 Å². The fraction of sp³-hybridized carbons (Fsp3) is 0.600. The average Bonchev–Trinajstić information content (AvgIpc) is 3.18. The summed E-state index contributed by atoms with van der Waals surface area (Å²) in [5, 5.41) is 3.61. The zero-order valence-electron chi connectivity index (χ0n) is 16.9. The predicted molar refractivity (Wildman–Crippen MR) is 110 cm³/mol. The molecule has 0 spiro atoms. The molecule has 0 unspecified atom stereocenters. The van der Waals surface area contributed by atoms with Crippen LogP contribution in [-0.4, -0.2) is 32.1 Å². The Morgan fingerprint density at radius 3 is 2.64 bits per heavy atom. The SMILES string of the molecule is CC(C)C[C@@]1(C(=O)OC(C)(C)C)C[C@H](c2cnccn2)[C@H](c2cnc(Cl)s2)N1. The molecular formula is C20H27ClN4O2S. The molecule has 3 heterocycles. The van der Waals surface area contributed by atoms with Crippen molar-refractivity contribution in [2.45, 2.75) is 70.6 Å². The third kappa shape index (κ3) is 4.70. The smallest absolute Gasteiger partial charge is 0.326 e. The maximum absolute atomic E-state index is 13.3. The number of rotatable bonds is 5. The summed E-state index contributed by atoms with van der Waals surface area (Å²) in [4.78, 5) is 27.2. The zero-order valence-corrected chi connectivity index (χ0v) is 18.5. The molecule has 6 nitrogen and oxygen atoms in total. The van der Waals surface area contributed by atoms with E-state index in [1.165, 1.54) is 11.3 Å². The number of halogens is 1. The molecule has 152 valence electrons. The molecule has 8 heteroatoms. The molecule has 0 bridgehead atoms. The highest BCUT2D eigenvalue weighted by Crippen LogP contribution is 2.48. The Morgan fingerprint density at radius 1 is 1.36 bits per heavy atom. The summed E-state index contributed by atoms with van der Waals surface area (Å²) in [6.07, 6.45) is 8.12. The molecular weight excluding hydrogens is 396 g/mol. The van der Waals surface area contributed by atoms with Crippen LogP contribution in [0.3, 0.4) is 0 Å². The summed E-state index contributed by atoms with van der Waals surface area (Å²) in [7, 11) is 0. The van der Waals surface area contributed by atoms with E-state index in [1.807, 2.05) is 20.8 Å². The average molecular weight is 423 g/mol. The van der Waals surface area contributed by atoms with Crippen molar-refractivity contribution in [2.75, 3.05) is 0 Å². The predicted octanol–water partition coefficient (Wildman–Crippen LogP) is 4.53. The van der Waals surface area contributed by atoms with Gasteiger partial charge in [0, 0.05) is 35.6 Å². The lowest BCUT2D eigenvalue weighted by Gasteiger charge is -2.33. The van der Waals surface area contributed by atoms with Crippen LogP contribution >= 0.6 is 22.9 Å². The van der Waals surface area contributed by atoms with E-state index in [0.717, 1.165) is 10.6 Å². The van der Waals surface area contributed by atoms with E-state index in [9.17, 15) is 4.79 Å². The summed E-state index contributed by atoms with van der Waals surface area (Å²) < 4.78 is 6.30. The molecule has 0 aliphatic carbocycles. The molecule has 1 fully saturated rings. The van der Waals surface area contributed by atoms with Crippen LogP contribution in [-0.2, 0) is 9.53 Å². The summed E-state index contributed by atoms with van der Waals surface area (Å²) in [5.74, 6) is 0.0588. The van der Waals surface area contributed by atoms with Gasteiger partial charge in [0.15, 0.2) is 4.47 Å². The largest absolute Gasteiger partial charge is 0.459 e. The Bertz CT molecular complexity index is 821. The minimum absolute atomic E-state index is 0.0310. The van der Waals surface area contributed by atoms with Gasteiger partial charge >= 0.3 is 5.97 Å². The van der Waals surface area contributed by atoms with Gasteiger partial charge in [-0.25, -0.2) is 4.98 Å². The quantitative estimate of drug-likeness (QED) is 0.713. The van der Waals surface area contributed by atoms with E-state index in [1.54, 1.807) is 24.8 Å². The van der Waals surface area contributed by atoms with Gasteiger partial charge < -0.3 is 4.74 Å². The molecule has 3 atom stereocenters. The second-order valence-electron chi connectivity index (χ2n) is 8.76. The van der Waals surface area contributed by atoms with Crippen molar-refractivity contribution in [2.24, 2.45) is 5.92 Å². The molecule has 0 aromatic carbocycles. The monoisotopic (exact) mass is 422 g/mol. The summed E-state index contributed by atoms with van der Waals surface area (Å²) >= 11 is 7.52. The first-order valence-corrected chi connectivity index (χ1v) is 10.7. The Hall–Kier alpha value is -1.57. The minimum Gasteiger partial charge on any atom is -0.459 e. The summed E-state index contributed by atoms with van der Waals surface area (Å²) in [6, 6.07) is -0.132. The molecule has 1 N–H and O–H groups in total. The van der Waals surface area contributed by atoms with Crippen LogP contribution in [0.15, 0.2) is 24.8 Å². The molecule has 0 radical (unpaired) electrons. The van der Waals surface area contributed by atoms with E-state index < -0.39 is 11.1 Å². The number of thiazole rings is 1. The maximum atomic E-state index is 13.3. The number of aromatic nitrogens is 3. The summed E-state index contributed by atoms with van der Waals surface area (Å²) in [6.45, 7) is 9.90. The third-order valence-electron chi connectivity index (χ3n) is 4.71. The topological polar surface area (TPSA) is 77.0 Å². The molecule has 1 aliphatic heterocycles. The highest BCUT2D eigenvalue weighted by molar-refractivity contribution is 7.15. The fourth-order valence-corrected chi connectivity index (χ4v) is 4.92. The van der Waals surface area contributed by atoms with E-state index in [0.29, 0.717) is 23.2 Å². The van der Waals surface area contributed by atoms with Gasteiger partial charge in [-0.1, -0.05) is 25.4 Å². The Kier molecular flexibility index (Phi) is 6.08. The van der Waals surface area contributed by atoms with Crippen molar-refractivity contribution in [1.82, 2.24) is 20.3 Å². The maximum Gasteiger partial charge on any atom is 0.326 e. The molecule has 1 saturated heterocycles. The van der Waals surface area contributed by atoms with Crippen LogP contribution < -0.4 is 5.32 Å². The highest BCUT2D eigenvalue weighted by Gasteiger charge is 2.53. The number of hydrogen-bond acceptors (Lipinski definition) is 7. The Balaban J connectivity index is 2.02. The Morgan fingerprint density at radius 2 is 2.11 bits per heavy atom. The first kappa shape index (κ1) is 21.1. The standard InChI is InChI=1S/C20H27ClN4O2S/c1-12(2)8-20(17(26)27-19(3,4)5)9-13(14-10-22-6-7-23-14)16(25-20)15-11-24-18(21)28-15/h6-7,10-13,16,25H,8-9H2,1-5H3/t13-,16-,20+/m1/s1. The van der Waals surface area contributed by atoms with Crippen molar-refractivity contribution in [3.8, 4) is 0 Å². The lowest BCUT2D eigenvalue weighted by molar-refractivity contribution is -0.163. The molecule has 1 aliphatic rings. The number of esters is 1. The van der Waals surface area contributed by atoms with Gasteiger partial charge in [-0.3, -0.25) is 20.1 Å². The molecule has 3 rings (SSSR count). The number of nitrogens with one attached hydrogen (secondary N) is 1. The second kappa shape index (κ2) is 8.05. The first-order chi connectivity index (χ1) is 13.1. The minimum atomic E-state index is -0.801. The summed E-state index contributed by atoms with van der Waals surface area (Å²) in [5.41, 5.74) is -0.514. The fourth-order valence-electron chi connectivity index (χ4n) is 3.85. The molecule has 0 saturated carbocycles. The lowest BCUT2D eigenvalue weighted by atomic mass is 9.83. The van der Waals surface area contributed by atoms with Crippen LogP contribution in [0.4, 0.5) is 0 Å². The van der Waals surface area contributed by atoms with Gasteiger partial charge in [-0.2, -0.15) is 0 Å². The van der Waals surface area contributed by atoms with E-state index in [2.05, 4.69) is 34.1 Å². The van der Waals surface area contributed by atoms with Crippen LogP contribution in [0, 0.1) is 5.92 Å². The molecule has 28 heavy (non-hydrogen) atoms. The van der Waals surface area contributed by atoms with Gasteiger partial charge in [0.05, 0.1) is 11.7 Å². The number of ether oxygens (including phenoxy) is 1. The van der Waals surface area contributed by atoms with Gasteiger partial charge in [0.1, 0.15) is 11.1 Å². The van der Waals surface area contributed by atoms with Crippen LogP contribution in [0.1, 0.15) is 70.0 Å². The first-order valence-electron chi connectivity index (χ1n) is 9.48. The lowest BCUT2D eigenvalue weighted by Crippen LogP contribution is -2.51. The van der Waals surface area contributed by atoms with Gasteiger partial charge in [-0.15, -0.1) is 11.3 Å². The van der Waals surface area contributed by atoms with Crippen molar-refractivity contribution in [3.63, 3.8) is 0 Å². The number of carbonyl (C=O) groups excluding carboxylic acids is 1. The van der Waals surface area contributed by atoms with Crippen LogP contribution in [0.25, 0.3) is 0 Å². The van der Waals surface area contributed by atoms with E-state index in [-0.39, 0.29) is 17.9 Å². The number of nitrogens with zero attached hydrogens (tertiary/aromatic N) is 3. The van der Waals surface area contributed by atoms with Crippen LogP contribution in [0.5, 0.6) is 0 Å². The van der Waals surface area contributed by atoms with Gasteiger partial charge in [-0.05, 0) is 39.5 Å². The van der Waals surface area contributed by atoms with Crippen molar-refractivity contribution >= 4 is 28.9 Å². The number of hydrogen-bond donors (Lipinski definition) is 1. The van der Waals surface area contributed by atoms with E-state index >= 15 is 0 Å². The number of carbonyl (C=O) groups is 1. The third-order valence-corrected chi connectivity index (χ3v) is 5.91. The van der Waals surface area contributed by atoms with Gasteiger partial charge in [0.2, 0.25) is 0 Å². The van der Waals surface area contributed by atoms with Crippen LogP contribution in [0.2, 0.25) is 4.47 Å². The van der Waals surface area contributed by atoms with Crippen molar-refractivity contribution in [1.29, 1.82) is 0 Å². The van der Waals surface area contributed by atoms with Crippen molar-refractivity contribution in [3.05, 3.63) is 39.8 Å². The van der Waals surface area contributed by atoms with E-state index in [4.69, 9.17) is 16.3 Å². The van der Waals surface area contributed by atoms with Gasteiger partial charge in [0.25, 0.3) is 0 Å². The highest BCUT2D eigenvalue weighted by atomic mass is 35.5. The zero-order chi connectivity index (χ0) is 20.5.